The maximum Gasteiger partial charge on any atom is 0.221 e. The van der Waals surface area contributed by atoms with Gasteiger partial charge >= 0.3 is 0 Å². The van der Waals surface area contributed by atoms with Crippen molar-refractivity contribution >= 4 is 11.6 Å². The smallest absolute Gasteiger partial charge is 0.221 e. The maximum atomic E-state index is 11.2. The van der Waals surface area contributed by atoms with Crippen molar-refractivity contribution in [3.8, 4) is 0 Å². The number of H-pyrrole nitrogens is 1. The third-order valence-electron chi connectivity index (χ3n) is 4.62. The molecular weight excluding hydrogens is 300 g/mol. The Morgan fingerprint density at radius 2 is 2.12 bits per heavy atom. The molecule has 1 aliphatic rings. The molecule has 0 fully saturated rings. The van der Waals surface area contributed by atoms with Gasteiger partial charge in [-0.05, 0) is 30.7 Å². The van der Waals surface area contributed by atoms with Gasteiger partial charge in [-0.3, -0.25) is 9.69 Å². The van der Waals surface area contributed by atoms with Crippen LogP contribution >= 0.6 is 0 Å². The third-order valence-corrected chi connectivity index (χ3v) is 4.62. The summed E-state index contributed by atoms with van der Waals surface area (Å²) in [5.74, 6) is -0.0452. The number of anilines is 1. The number of hydrogen-bond donors (Lipinski definition) is 2. The fourth-order valence-corrected chi connectivity index (χ4v) is 3.45. The molecule has 0 bridgehead atoms. The number of rotatable bonds is 6. The van der Waals surface area contributed by atoms with Crippen molar-refractivity contribution < 1.29 is 4.79 Å². The van der Waals surface area contributed by atoms with Crippen LogP contribution in [-0.4, -0.2) is 33.9 Å². The summed E-state index contributed by atoms with van der Waals surface area (Å²) in [6.07, 6.45) is 6.55. The first-order valence-corrected chi connectivity index (χ1v) is 8.82. The first-order valence-electron chi connectivity index (χ1n) is 8.82. The Kier molecular flexibility index (Phi) is 5.30. The van der Waals surface area contributed by atoms with Crippen LogP contribution in [0.5, 0.6) is 0 Å². The van der Waals surface area contributed by atoms with E-state index in [0.717, 1.165) is 30.9 Å². The number of amides is 1. The van der Waals surface area contributed by atoms with E-state index in [4.69, 9.17) is 0 Å². The molecule has 0 spiro atoms. The van der Waals surface area contributed by atoms with Crippen LogP contribution in [0.25, 0.3) is 0 Å². The van der Waals surface area contributed by atoms with E-state index in [0.29, 0.717) is 0 Å². The van der Waals surface area contributed by atoms with Gasteiger partial charge in [0, 0.05) is 31.3 Å². The summed E-state index contributed by atoms with van der Waals surface area (Å²) in [7, 11) is 0. The normalized spacial score (nSPS) is 17.5. The van der Waals surface area contributed by atoms with E-state index < -0.39 is 0 Å². The van der Waals surface area contributed by atoms with Crippen molar-refractivity contribution in [2.45, 2.75) is 45.6 Å². The van der Waals surface area contributed by atoms with Crippen LogP contribution in [-0.2, 0) is 11.2 Å². The highest BCUT2D eigenvalue weighted by molar-refractivity contribution is 5.88. The van der Waals surface area contributed by atoms with Crippen LogP contribution in [0, 0.1) is 0 Å². The third kappa shape index (κ3) is 3.67. The minimum Gasteiger partial charge on any atom is -0.348 e. The van der Waals surface area contributed by atoms with Gasteiger partial charge in [-0.1, -0.05) is 31.9 Å². The summed E-state index contributed by atoms with van der Waals surface area (Å²) in [5.41, 5.74) is 4.46. The fraction of sp³-hybridized carbons (Fsp3) is 0.474. The molecule has 2 N–H and O–H groups in total. The highest BCUT2D eigenvalue weighted by Gasteiger charge is 2.30. The maximum absolute atomic E-state index is 11.2. The van der Waals surface area contributed by atoms with Gasteiger partial charge in [-0.2, -0.15) is 0 Å². The molecule has 1 amide bonds. The molecule has 0 unspecified atom stereocenters. The molecule has 1 aromatic carbocycles. The minimum absolute atomic E-state index is 0.0452. The zero-order chi connectivity index (χ0) is 16.9. The quantitative estimate of drug-likeness (QED) is 0.799. The van der Waals surface area contributed by atoms with Crippen LogP contribution in [0.4, 0.5) is 5.69 Å². The van der Waals surface area contributed by atoms with Gasteiger partial charge in [0.2, 0.25) is 5.91 Å². The Morgan fingerprint density at radius 1 is 1.33 bits per heavy atom. The number of aromatic nitrogens is 2. The number of imidazole rings is 1. The van der Waals surface area contributed by atoms with Crippen LogP contribution in [0.3, 0.4) is 0 Å². The Bertz CT molecular complexity index is 677. The van der Waals surface area contributed by atoms with E-state index in [1.807, 2.05) is 12.1 Å². The molecule has 24 heavy (non-hydrogen) atoms. The van der Waals surface area contributed by atoms with Crippen molar-refractivity contribution in [1.82, 2.24) is 14.9 Å². The highest BCUT2D eigenvalue weighted by Crippen LogP contribution is 2.34. The molecule has 1 aliphatic heterocycles. The van der Waals surface area contributed by atoms with Gasteiger partial charge in [0.05, 0.1) is 18.1 Å². The lowest BCUT2D eigenvalue weighted by Gasteiger charge is -2.35. The van der Waals surface area contributed by atoms with Gasteiger partial charge < -0.3 is 10.3 Å². The van der Waals surface area contributed by atoms with Crippen molar-refractivity contribution in [1.29, 1.82) is 0 Å². The van der Waals surface area contributed by atoms with E-state index in [1.54, 1.807) is 6.33 Å². The van der Waals surface area contributed by atoms with Gasteiger partial charge in [-0.15, -0.1) is 0 Å². The molecule has 5 nitrogen and oxygen atoms in total. The highest BCUT2D eigenvalue weighted by atomic mass is 16.1. The molecule has 0 radical (unpaired) electrons. The summed E-state index contributed by atoms with van der Waals surface area (Å²) in [6, 6.07) is 8.35. The zero-order valence-electron chi connectivity index (χ0n) is 14.5. The van der Waals surface area contributed by atoms with Crippen LogP contribution < -0.4 is 5.32 Å². The Hall–Kier alpha value is -2.14. The molecule has 2 aromatic rings. The van der Waals surface area contributed by atoms with Gasteiger partial charge in [0.25, 0.3) is 0 Å². The molecule has 0 saturated carbocycles. The standard InChI is InChI=1S/C19H26N4O/c1-3-4-5-11-23-12-10-17-18(21-13-20-17)19(23)15-6-8-16(9-7-15)22-14(2)24/h6-9,13,19H,3-5,10-12H2,1-2H3,(H,20,21)(H,22,24)/t19-/m1/s1. The van der Waals surface area contributed by atoms with E-state index >= 15 is 0 Å². The molecule has 5 heteroatoms. The summed E-state index contributed by atoms with van der Waals surface area (Å²) in [4.78, 5) is 21.6. The molecule has 0 saturated heterocycles. The SMILES string of the molecule is CCCCCN1CCc2[nH]cnc2[C@H]1c1ccc(NC(C)=O)cc1. The summed E-state index contributed by atoms with van der Waals surface area (Å²) >= 11 is 0. The molecule has 1 aromatic heterocycles. The van der Waals surface area contributed by atoms with Crippen molar-refractivity contribution in [3.63, 3.8) is 0 Å². The predicted octanol–water partition coefficient (Wildman–Crippen LogP) is 3.51. The average Bonchev–Trinajstić information content (AvgIpc) is 3.04. The number of nitrogens with zero attached hydrogens (tertiary/aromatic N) is 2. The molecule has 0 aliphatic carbocycles. The van der Waals surface area contributed by atoms with Crippen LogP contribution in [0.2, 0.25) is 0 Å². The second kappa shape index (κ2) is 7.62. The van der Waals surface area contributed by atoms with Crippen molar-refractivity contribution in [2.24, 2.45) is 0 Å². The molecule has 3 rings (SSSR count). The number of aromatic amines is 1. The van der Waals surface area contributed by atoms with Gasteiger partial charge in [-0.25, -0.2) is 4.98 Å². The Morgan fingerprint density at radius 3 is 2.83 bits per heavy atom. The summed E-state index contributed by atoms with van der Waals surface area (Å²) < 4.78 is 0. The first-order chi connectivity index (χ1) is 11.7. The van der Waals surface area contributed by atoms with E-state index in [2.05, 4.69) is 39.2 Å². The molecule has 128 valence electrons. The fourth-order valence-electron chi connectivity index (χ4n) is 3.45. The monoisotopic (exact) mass is 326 g/mol. The summed E-state index contributed by atoms with van der Waals surface area (Å²) in [6.45, 7) is 5.91. The second-order valence-electron chi connectivity index (χ2n) is 6.47. The minimum atomic E-state index is -0.0452. The second-order valence-corrected chi connectivity index (χ2v) is 6.47. The number of hydrogen-bond acceptors (Lipinski definition) is 3. The number of carbonyl (C=O) groups is 1. The Balaban J connectivity index is 1.84. The number of fused-ring (bicyclic) bond motifs is 1. The molecule has 1 atom stereocenters. The lowest BCUT2D eigenvalue weighted by Crippen LogP contribution is -2.37. The van der Waals surface area contributed by atoms with Gasteiger partial charge in [0.1, 0.15) is 0 Å². The molecular formula is C19H26N4O. The number of unbranched alkanes of at least 4 members (excludes halogenated alkanes) is 2. The van der Waals surface area contributed by atoms with Gasteiger partial charge in [0.15, 0.2) is 0 Å². The van der Waals surface area contributed by atoms with E-state index in [1.165, 1.54) is 37.4 Å². The van der Waals surface area contributed by atoms with Crippen molar-refractivity contribution in [3.05, 3.63) is 47.5 Å². The average molecular weight is 326 g/mol. The van der Waals surface area contributed by atoms with E-state index in [-0.39, 0.29) is 11.9 Å². The van der Waals surface area contributed by atoms with Crippen molar-refractivity contribution in [2.75, 3.05) is 18.4 Å². The lowest BCUT2D eigenvalue weighted by atomic mass is 9.95. The molecule has 2 heterocycles. The Labute approximate surface area is 143 Å². The number of carbonyl (C=O) groups excluding carboxylic acids is 1. The number of nitrogens with one attached hydrogen (secondary N) is 2. The van der Waals surface area contributed by atoms with Crippen LogP contribution in [0.1, 0.15) is 56.1 Å². The number of benzene rings is 1. The first kappa shape index (κ1) is 16.7. The zero-order valence-corrected chi connectivity index (χ0v) is 14.5. The summed E-state index contributed by atoms with van der Waals surface area (Å²) in [5, 5.41) is 2.83. The topological polar surface area (TPSA) is 61.0 Å². The lowest BCUT2D eigenvalue weighted by molar-refractivity contribution is -0.114. The van der Waals surface area contributed by atoms with Crippen LogP contribution in [0.15, 0.2) is 30.6 Å². The van der Waals surface area contributed by atoms with E-state index in [9.17, 15) is 4.79 Å². The predicted molar refractivity (Wildman–Crippen MR) is 96.0 cm³/mol. The largest absolute Gasteiger partial charge is 0.348 e.